The summed E-state index contributed by atoms with van der Waals surface area (Å²) in [6.07, 6.45) is 3.69. The lowest BCUT2D eigenvalue weighted by Gasteiger charge is -2.63. The highest BCUT2D eigenvalue weighted by molar-refractivity contribution is 7.86. The topological polar surface area (TPSA) is 101 Å². The summed E-state index contributed by atoms with van der Waals surface area (Å²) in [5.41, 5.74) is -0.821. The monoisotopic (exact) mass is 454 g/mol. The maximum absolute atomic E-state index is 13.6. The minimum Gasteiger partial charge on any atom is -0.465 e. The summed E-state index contributed by atoms with van der Waals surface area (Å²) in [4.78, 5) is 12.7. The van der Waals surface area contributed by atoms with E-state index in [2.05, 4.69) is 0 Å². The van der Waals surface area contributed by atoms with Crippen molar-refractivity contribution in [2.75, 3.05) is 6.61 Å². The smallest absolute Gasteiger partial charge is 0.400 e. The van der Waals surface area contributed by atoms with Crippen molar-refractivity contribution in [1.82, 2.24) is 0 Å². The van der Waals surface area contributed by atoms with Crippen LogP contribution in [0.2, 0.25) is 0 Å². The summed E-state index contributed by atoms with van der Waals surface area (Å²) >= 11 is 0. The van der Waals surface area contributed by atoms with Gasteiger partial charge in [-0.1, -0.05) is 12.8 Å². The lowest BCUT2D eigenvalue weighted by Crippen LogP contribution is -2.61. The van der Waals surface area contributed by atoms with E-state index < -0.39 is 46.1 Å². The second kappa shape index (κ2) is 7.33. The fourth-order valence-electron chi connectivity index (χ4n) is 7.16. The normalized spacial score (nSPS) is 38.6. The maximum atomic E-state index is 13.6. The summed E-state index contributed by atoms with van der Waals surface area (Å²) in [5.74, 6) is -0.345. The van der Waals surface area contributed by atoms with E-state index in [1.165, 1.54) is 0 Å². The molecule has 6 nitrogen and oxygen atoms in total. The Bertz CT molecular complexity index is 778. The molecular formula is C20H29F3O6S. The van der Waals surface area contributed by atoms with Crippen LogP contribution in [0.25, 0.3) is 0 Å². The molecule has 2 N–H and O–H groups in total. The van der Waals surface area contributed by atoms with E-state index in [0.717, 1.165) is 57.8 Å². The van der Waals surface area contributed by atoms with Gasteiger partial charge in [-0.2, -0.15) is 17.2 Å². The van der Waals surface area contributed by atoms with Gasteiger partial charge in [0.1, 0.15) is 0 Å². The molecule has 0 aromatic heterocycles. The summed E-state index contributed by atoms with van der Waals surface area (Å²) in [6.45, 7) is -0.681. The zero-order chi connectivity index (χ0) is 21.9. The predicted octanol–water partition coefficient (Wildman–Crippen LogP) is 3.49. The SMILES string of the molecule is O=C(OCCC(F)C(F)(F)S(=O)(=O)O)C1C2CC3CC1CC(C1(O)CCCC1)(C3)C2. The molecule has 0 saturated heterocycles. The third kappa shape index (κ3) is 3.46. The fourth-order valence-corrected chi connectivity index (χ4v) is 7.60. The number of rotatable bonds is 7. The Balaban J connectivity index is 1.38. The number of carbonyl (C=O) groups excluding carboxylic acids is 1. The Labute approximate surface area is 174 Å². The summed E-state index contributed by atoms with van der Waals surface area (Å²) in [5, 5.41) is 6.39. The number of halogens is 3. The second-order valence-corrected chi connectivity index (χ2v) is 11.5. The minimum atomic E-state index is -5.88. The number of esters is 1. The molecule has 3 unspecified atom stereocenters. The minimum absolute atomic E-state index is 0.0637. The number of ether oxygens (including phenoxy) is 1. The molecule has 0 radical (unpaired) electrons. The van der Waals surface area contributed by atoms with Crippen molar-refractivity contribution in [2.24, 2.45) is 29.1 Å². The molecule has 0 spiro atoms. The van der Waals surface area contributed by atoms with Crippen molar-refractivity contribution in [1.29, 1.82) is 0 Å². The van der Waals surface area contributed by atoms with Crippen molar-refractivity contribution in [3.05, 3.63) is 0 Å². The van der Waals surface area contributed by atoms with Crippen LogP contribution in [0.4, 0.5) is 13.2 Å². The molecule has 0 heterocycles. The Kier molecular flexibility index (Phi) is 5.46. The molecule has 5 aliphatic rings. The average molecular weight is 455 g/mol. The van der Waals surface area contributed by atoms with E-state index in [-0.39, 0.29) is 23.2 Å². The molecule has 5 saturated carbocycles. The zero-order valence-electron chi connectivity index (χ0n) is 16.7. The van der Waals surface area contributed by atoms with E-state index in [1.807, 2.05) is 0 Å². The molecule has 0 aliphatic heterocycles. The molecule has 5 aliphatic carbocycles. The summed E-state index contributed by atoms with van der Waals surface area (Å²) < 4.78 is 74.9. The van der Waals surface area contributed by atoms with E-state index in [4.69, 9.17) is 9.29 Å². The molecule has 30 heavy (non-hydrogen) atoms. The molecule has 5 fully saturated rings. The van der Waals surface area contributed by atoms with Gasteiger partial charge in [0.25, 0.3) is 0 Å². The first-order valence-electron chi connectivity index (χ1n) is 10.8. The highest BCUT2D eigenvalue weighted by Gasteiger charge is 2.64. The molecule has 172 valence electrons. The van der Waals surface area contributed by atoms with Crippen LogP contribution in [0.5, 0.6) is 0 Å². The molecule has 5 rings (SSSR count). The van der Waals surface area contributed by atoms with Crippen molar-refractivity contribution in [3.8, 4) is 0 Å². The molecule has 3 atom stereocenters. The lowest BCUT2D eigenvalue weighted by atomic mass is 9.42. The van der Waals surface area contributed by atoms with E-state index >= 15 is 0 Å². The lowest BCUT2D eigenvalue weighted by molar-refractivity contribution is -0.204. The number of hydrogen-bond acceptors (Lipinski definition) is 5. The van der Waals surface area contributed by atoms with E-state index in [1.54, 1.807) is 0 Å². The first kappa shape index (κ1) is 22.3. The molecule has 4 bridgehead atoms. The third-order valence-electron chi connectivity index (χ3n) is 8.29. The highest BCUT2D eigenvalue weighted by Crippen LogP contribution is 2.67. The standard InChI is InChI=1S/C20H29F3O6S/c21-15(20(22,23)30(26,27)28)3-6-29-17(24)16-13-7-12-8-14(16)11-18(9-12,10-13)19(25)4-1-2-5-19/h12-16,25H,1-11H2,(H,26,27,28). The van der Waals surface area contributed by atoms with Crippen LogP contribution in [-0.2, 0) is 19.6 Å². The van der Waals surface area contributed by atoms with Crippen LogP contribution in [0.15, 0.2) is 0 Å². The fraction of sp³-hybridized carbons (Fsp3) is 0.950. The van der Waals surface area contributed by atoms with Gasteiger partial charge in [-0.15, -0.1) is 0 Å². The van der Waals surface area contributed by atoms with E-state index in [0.29, 0.717) is 5.92 Å². The summed E-state index contributed by atoms with van der Waals surface area (Å²) in [7, 11) is -5.88. The number of carbonyl (C=O) groups is 1. The van der Waals surface area contributed by atoms with Crippen molar-refractivity contribution >= 4 is 16.1 Å². The Morgan fingerprint density at radius 1 is 1.13 bits per heavy atom. The summed E-state index contributed by atoms with van der Waals surface area (Å²) in [6, 6.07) is 0. The second-order valence-electron chi connectivity index (χ2n) is 9.98. The van der Waals surface area contributed by atoms with Crippen molar-refractivity contribution < 1.29 is 40.8 Å². The Hall–Kier alpha value is -0.870. The van der Waals surface area contributed by atoms with Gasteiger partial charge < -0.3 is 9.84 Å². The van der Waals surface area contributed by atoms with Gasteiger partial charge in [-0.05, 0) is 68.1 Å². The van der Waals surface area contributed by atoms with Crippen LogP contribution in [-0.4, -0.2) is 47.7 Å². The predicted molar refractivity (Wildman–Crippen MR) is 99.9 cm³/mol. The van der Waals surface area contributed by atoms with Gasteiger partial charge >= 0.3 is 21.3 Å². The number of alkyl halides is 3. The van der Waals surface area contributed by atoms with Crippen molar-refractivity contribution in [3.63, 3.8) is 0 Å². The van der Waals surface area contributed by atoms with Crippen LogP contribution in [0.3, 0.4) is 0 Å². The van der Waals surface area contributed by atoms with E-state index in [9.17, 15) is 31.5 Å². The first-order valence-corrected chi connectivity index (χ1v) is 12.2. The van der Waals surface area contributed by atoms with Gasteiger partial charge in [-0.25, -0.2) is 4.39 Å². The van der Waals surface area contributed by atoms with Gasteiger partial charge in [0, 0.05) is 6.42 Å². The van der Waals surface area contributed by atoms with Crippen LogP contribution < -0.4 is 0 Å². The first-order chi connectivity index (χ1) is 13.9. The van der Waals surface area contributed by atoms with Crippen LogP contribution in [0.1, 0.15) is 64.2 Å². The Morgan fingerprint density at radius 2 is 1.70 bits per heavy atom. The molecule has 0 aromatic rings. The molecule has 0 amide bonds. The van der Waals surface area contributed by atoms with Crippen molar-refractivity contribution in [2.45, 2.75) is 81.2 Å². The van der Waals surface area contributed by atoms with Crippen LogP contribution >= 0.6 is 0 Å². The highest BCUT2D eigenvalue weighted by atomic mass is 32.2. The number of aliphatic hydroxyl groups is 1. The quantitative estimate of drug-likeness (QED) is 0.451. The van der Waals surface area contributed by atoms with Gasteiger partial charge in [0.05, 0.1) is 18.1 Å². The molecule has 10 heteroatoms. The third-order valence-corrected chi connectivity index (χ3v) is 9.23. The Morgan fingerprint density at radius 3 is 2.23 bits per heavy atom. The van der Waals surface area contributed by atoms with Crippen LogP contribution in [0, 0.1) is 29.1 Å². The maximum Gasteiger partial charge on any atom is 0.400 e. The zero-order valence-corrected chi connectivity index (χ0v) is 17.6. The average Bonchev–Trinajstić information content (AvgIpc) is 3.08. The molecular weight excluding hydrogens is 425 g/mol. The van der Waals surface area contributed by atoms with Gasteiger partial charge in [0.15, 0.2) is 6.17 Å². The largest absolute Gasteiger partial charge is 0.465 e. The number of hydrogen-bond donors (Lipinski definition) is 2. The van der Waals surface area contributed by atoms with Gasteiger partial charge in [0.2, 0.25) is 0 Å². The molecule has 0 aromatic carbocycles. The van der Waals surface area contributed by atoms with Gasteiger partial charge in [-0.3, -0.25) is 9.35 Å².